The van der Waals surface area contributed by atoms with Gasteiger partial charge in [-0.2, -0.15) is 0 Å². The Balaban J connectivity index is 2.26. The molecule has 0 bridgehead atoms. The number of benzene rings is 1. The number of para-hydroxylation sites is 1. The van der Waals surface area contributed by atoms with Gasteiger partial charge in [0.15, 0.2) is 5.82 Å². The monoisotopic (exact) mass is 393 g/mol. The molecule has 0 atom stereocenters. The van der Waals surface area contributed by atoms with Gasteiger partial charge in [0.1, 0.15) is 17.7 Å². The fourth-order valence-corrected chi connectivity index (χ4v) is 3.28. The summed E-state index contributed by atoms with van der Waals surface area (Å²) in [6.45, 7) is 6.36. The molecular weight excluding hydrogens is 377 g/mol. The van der Waals surface area contributed by atoms with Gasteiger partial charge in [-0.1, -0.05) is 39.0 Å². The second kappa shape index (κ2) is 4.98. The Bertz CT molecular complexity index is 818. The minimum atomic E-state index is -0.0954. The molecule has 1 aromatic carbocycles. The van der Waals surface area contributed by atoms with Gasteiger partial charge in [-0.3, -0.25) is 0 Å². The van der Waals surface area contributed by atoms with Crippen LogP contribution >= 0.6 is 22.6 Å². The van der Waals surface area contributed by atoms with Crippen molar-refractivity contribution in [1.29, 1.82) is 0 Å². The van der Waals surface area contributed by atoms with Crippen molar-refractivity contribution in [2.24, 2.45) is 0 Å². The van der Waals surface area contributed by atoms with Crippen molar-refractivity contribution in [2.45, 2.75) is 26.2 Å². The van der Waals surface area contributed by atoms with Crippen LogP contribution in [0.2, 0.25) is 0 Å². The van der Waals surface area contributed by atoms with E-state index in [2.05, 4.69) is 48.3 Å². The predicted molar refractivity (Wildman–Crippen MR) is 93.1 cm³/mol. The van der Waals surface area contributed by atoms with Crippen LogP contribution in [0.5, 0.6) is 0 Å². The van der Waals surface area contributed by atoms with Gasteiger partial charge < -0.3 is 10.2 Å². The van der Waals surface area contributed by atoms with Gasteiger partial charge in [-0.25, -0.2) is 9.97 Å². The van der Waals surface area contributed by atoms with E-state index in [0.717, 1.165) is 25.8 Å². The lowest BCUT2D eigenvalue weighted by molar-refractivity contribution is 0.564. The zero-order valence-corrected chi connectivity index (χ0v) is 14.3. The van der Waals surface area contributed by atoms with Crippen LogP contribution in [-0.4, -0.2) is 9.97 Å². The van der Waals surface area contributed by atoms with Gasteiger partial charge in [0.05, 0.1) is 14.8 Å². The van der Waals surface area contributed by atoms with E-state index < -0.39 is 0 Å². The van der Waals surface area contributed by atoms with E-state index in [-0.39, 0.29) is 5.41 Å². The van der Waals surface area contributed by atoms with Crippen LogP contribution in [0.25, 0.3) is 22.4 Å². The molecule has 108 valence electrons. The third-order valence-corrected chi connectivity index (χ3v) is 4.37. The molecule has 0 aliphatic heterocycles. The summed E-state index contributed by atoms with van der Waals surface area (Å²) in [4.78, 5) is 9.18. The Kier molecular flexibility index (Phi) is 3.39. The van der Waals surface area contributed by atoms with E-state index in [1.807, 2.05) is 24.3 Å². The Hall–Kier alpha value is -1.63. The number of nitrogen functional groups attached to an aromatic ring is 1. The van der Waals surface area contributed by atoms with Crippen LogP contribution in [0, 0.1) is 3.57 Å². The first-order valence-electron chi connectivity index (χ1n) is 6.68. The topological polar surface area (TPSA) is 64.9 Å². The van der Waals surface area contributed by atoms with Gasteiger partial charge >= 0.3 is 0 Å². The molecule has 0 saturated carbocycles. The number of fused-ring (bicyclic) bond motifs is 1. The summed E-state index contributed by atoms with van der Waals surface area (Å²) in [5.41, 5.74) is 8.64. The fourth-order valence-electron chi connectivity index (χ4n) is 2.23. The summed E-state index contributed by atoms with van der Waals surface area (Å²) >= 11 is 2.21. The average molecular weight is 393 g/mol. The first-order valence-corrected chi connectivity index (χ1v) is 7.76. The minimum absolute atomic E-state index is 0.0954. The normalized spacial score (nSPS) is 12.0. The highest BCUT2D eigenvalue weighted by atomic mass is 127. The fraction of sp³-hybridized carbons (Fsp3) is 0.250. The van der Waals surface area contributed by atoms with Gasteiger partial charge in [0.2, 0.25) is 0 Å². The van der Waals surface area contributed by atoms with Crippen LogP contribution < -0.4 is 5.73 Å². The zero-order valence-electron chi connectivity index (χ0n) is 12.1. The number of halogens is 1. The molecule has 2 N–H and O–H groups in total. The standard InChI is InChI=1S/C16H16IN3O/c1-16(2,3)13-12(17)14(18)20-15(19-13)10-8-21-11-7-5-4-6-9(10)11/h4-8H,1-3H3,(H2,18,19,20). The molecule has 2 aromatic heterocycles. The molecule has 0 spiro atoms. The van der Waals surface area contributed by atoms with E-state index in [0.29, 0.717) is 11.6 Å². The van der Waals surface area contributed by atoms with Gasteiger partial charge in [0.25, 0.3) is 0 Å². The van der Waals surface area contributed by atoms with Crippen LogP contribution in [0.15, 0.2) is 34.9 Å². The summed E-state index contributed by atoms with van der Waals surface area (Å²) in [6.07, 6.45) is 1.69. The third kappa shape index (κ3) is 2.50. The summed E-state index contributed by atoms with van der Waals surface area (Å²) in [7, 11) is 0. The lowest BCUT2D eigenvalue weighted by atomic mass is 9.92. The lowest BCUT2D eigenvalue weighted by Gasteiger charge is -2.20. The maximum Gasteiger partial charge on any atom is 0.165 e. The molecule has 0 aliphatic carbocycles. The lowest BCUT2D eigenvalue weighted by Crippen LogP contribution is -2.18. The van der Waals surface area contributed by atoms with Crippen LogP contribution in [0.4, 0.5) is 5.82 Å². The molecule has 0 amide bonds. The van der Waals surface area contributed by atoms with E-state index in [4.69, 9.17) is 15.1 Å². The number of hydrogen-bond acceptors (Lipinski definition) is 4. The summed E-state index contributed by atoms with van der Waals surface area (Å²) < 4.78 is 6.49. The average Bonchev–Trinajstić information content (AvgIpc) is 2.84. The van der Waals surface area contributed by atoms with Gasteiger partial charge in [0, 0.05) is 10.8 Å². The highest BCUT2D eigenvalue weighted by Crippen LogP contribution is 2.33. The molecule has 0 unspecified atom stereocenters. The number of nitrogens with two attached hydrogens (primary N) is 1. The highest BCUT2D eigenvalue weighted by molar-refractivity contribution is 14.1. The van der Waals surface area contributed by atoms with Crippen molar-refractivity contribution in [3.05, 3.63) is 39.8 Å². The molecule has 0 aliphatic rings. The third-order valence-electron chi connectivity index (χ3n) is 3.31. The number of aromatic nitrogens is 2. The van der Waals surface area contributed by atoms with E-state index in [1.54, 1.807) is 6.26 Å². The van der Waals surface area contributed by atoms with Gasteiger partial charge in [-0.05, 0) is 28.7 Å². The summed E-state index contributed by atoms with van der Waals surface area (Å²) in [5.74, 6) is 1.12. The highest BCUT2D eigenvalue weighted by Gasteiger charge is 2.23. The maximum absolute atomic E-state index is 6.08. The van der Waals surface area contributed by atoms with Crippen LogP contribution in [0.3, 0.4) is 0 Å². The van der Waals surface area contributed by atoms with E-state index in [9.17, 15) is 0 Å². The summed E-state index contributed by atoms with van der Waals surface area (Å²) in [5, 5.41) is 0.998. The molecule has 21 heavy (non-hydrogen) atoms. The number of furan rings is 1. The first-order chi connectivity index (χ1) is 9.88. The first kappa shape index (κ1) is 14.3. The number of rotatable bonds is 1. The Morgan fingerprint density at radius 1 is 1.14 bits per heavy atom. The number of nitrogens with zero attached hydrogens (tertiary/aromatic N) is 2. The van der Waals surface area contributed by atoms with Crippen LogP contribution in [0.1, 0.15) is 26.5 Å². The van der Waals surface area contributed by atoms with Gasteiger partial charge in [-0.15, -0.1) is 0 Å². The smallest absolute Gasteiger partial charge is 0.165 e. The molecule has 4 nitrogen and oxygen atoms in total. The van der Waals surface area contributed by atoms with E-state index in [1.165, 1.54) is 0 Å². The molecule has 2 heterocycles. The molecule has 0 saturated heterocycles. The van der Waals surface area contributed by atoms with Crippen molar-refractivity contribution in [3.63, 3.8) is 0 Å². The molecule has 3 aromatic rings. The number of anilines is 1. The molecule has 0 fully saturated rings. The summed E-state index contributed by atoms with van der Waals surface area (Å²) in [6, 6.07) is 7.85. The van der Waals surface area contributed by atoms with Crippen molar-refractivity contribution < 1.29 is 4.42 Å². The number of hydrogen-bond donors (Lipinski definition) is 1. The zero-order chi connectivity index (χ0) is 15.2. The molecule has 5 heteroatoms. The van der Waals surface area contributed by atoms with Crippen LogP contribution in [-0.2, 0) is 5.41 Å². The minimum Gasteiger partial charge on any atom is -0.464 e. The Morgan fingerprint density at radius 2 is 1.86 bits per heavy atom. The second-order valence-electron chi connectivity index (χ2n) is 5.99. The largest absolute Gasteiger partial charge is 0.464 e. The van der Waals surface area contributed by atoms with Crippen molar-refractivity contribution >= 4 is 39.4 Å². The molecular formula is C16H16IN3O. The quantitative estimate of drug-likeness (QED) is 0.624. The van der Waals surface area contributed by atoms with Crippen molar-refractivity contribution in [1.82, 2.24) is 9.97 Å². The SMILES string of the molecule is CC(C)(C)c1nc(-c2coc3ccccc23)nc(N)c1I. The maximum atomic E-state index is 6.08. The van der Waals surface area contributed by atoms with Crippen molar-refractivity contribution in [3.8, 4) is 11.4 Å². The van der Waals surface area contributed by atoms with Crippen molar-refractivity contribution in [2.75, 3.05) is 5.73 Å². The predicted octanol–water partition coefficient (Wildman–Crippen LogP) is 4.37. The Labute approximate surface area is 136 Å². The Morgan fingerprint density at radius 3 is 2.57 bits per heavy atom. The second-order valence-corrected chi connectivity index (χ2v) is 7.07. The van der Waals surface area contributed by atoms with E-state index >= 15 is 0 Å². The molecule has 0 radical (unpaired) electrons. The molecule has 3 rings (SSSR count).